The normalized spacial score (nSPS) is 13.8. The molecule has 7 nitrogen and oxygen atoms in total. The molecule has 0 fully saturated rings. The van der Waals surface area contributed by atoms with Gasteiger partial charge in [-0.05, 0) is 63.9 Å². The monoisotopic (exact) mass is 458 g/mol. The topological polar surface area (TPSA) is 114 Å². The fraction of sp³-hybridized carbons (Fsp3) is 0.739. The maximum absolute atomic E-state index is 10.8. The van der Waals surface area contributed by atoms with Gasteiger partial charge in [0, 0.05) is 5.54 Å². The highest BCUT2D eigenvalue weighted by molar-refractivity contribution is 7.46. The molecule has 0 aliphatic carbocycles. The Morgan fingerprint density at radius 1 is 0.968 bits per heavy atom. The number of phosphoric acid groups is 1. The van der Waals surface area contributed by atoms with Gasteiger partial charge in [-0.1, -0.05) is 57.1 Å². The number of hydrogen-bond acceptors (Lipinski definition) is 5. The number of rotatable bonds is 19. The van der Waals surface area contributed by atoms with Crippen molar-refractivity contribution < 1.29 is 23.6 Å². The minimum Gasteiger partial charge on any atom is -0.494 e. The zero-order chi connectivity index (χ0) is 23.0. The van der Waals surface area contributed by atoms with E-state index in [1.807, 2.05) is 31.3 Å². The van der Waals surface area contributed by atoms with E-state index in [-0.39, 0.29) is 6.61 Å². The van der Waals surface area contributed by atoms with Crippen LogP contribution in [0.4, 0.5) is 0 Å². The molecule has 0 unspecified atom stereocenters. The first-order valence-corrected chi connectivity index (χ1v) is 13.1. The average Bonchev–Trinajstić information content (AvgIpc) is 2.72. The summed E-state index contributed by atoms with van der Waals surface area (Å²) in [7, 11) is -2.48. The van der Waals surface area contributed by atoms with E-state index in [4.69, 9.17) is 20.3 Å². The SMILES string of the molecule is CNCCCCCCCCCCCOc1ccc(CC[C@@](C)(N)COP(=O)(O)O)cc1. The van der Waals surface area contributed by atoms with Crippen LogP contribution in [0.25, 0.3) is 0 Å². The van der Waals surface area contributed by atoms with Gasteiger partial charge in [0.1, 0.15) is 5.75 Å². The molecular formula is C23H43N2O5P. The summed E-state index contributed by atoms with van der Waals surface area (Å²) >= 11 is 0. The molecule has 0 amide bonds. The molecule has 0 aromatic heterocycles. The molecule has 0 aliphatic rings. The van der Waals surface area contributed by atoms with Crippen LogP contribution >= 0.6 is 7.82 Å². The van der Waals surface area contributed by atoms with Gasteiger partial charge in [-0.2, -0.15) is 0 Å². The highest BCUT2D eigenvalue weighted by Gasteiger charge is 2.24. The van der Waals surface area contributed by atoms with Crippen LogP contribution in [0.2, 0.25) is 0 Å². The Balaban J connectivity index is 2.08. The lowest BCUT2D eigenvalue weighted by atomic mass is 9.95. The number of hydrogen-bond donors (Lipinski definition) is 4. The van der Waals surface area contributed by atoms with Gasteiger partial charge < -0.3 is 25.6 Å². The second-order valence-corrected chi connectivity index (χ2v) is 9.94. The molecule has 0 bridgehead atoms. The second kappa shape index (κ2) is 15.8. The summed E-state index contributed by atoms with van der Waals surface area (Å²) in [6, 6.07) is 7.93. The van der Waals surface area contributed by atoms with Gasteiger partial charge in [0.15, 0.2) is 0 Å². The fourth-order valence-corrected chi connectivity index (χ4v) is 3.78. The molecule has 31 heavy (non-hydrogen) atoms. The number of benzene rings is 1. The standard InChI is InChI=1S/C23H43N2O5P/c1-23(24,20-30-31(26,27)28)17-16-21-12-14-22(15-13-21)29-19-11-9-7-5-3-4-6-8-10-18-25-2/h12-15,25H,3-11,16-20,24H2,1-2H3,(H2,26,27,28)/t23-/m1/s1. The van der Waals surface area contributed by atoms with Crippen LogP contribution in [0.1, 0.15) is 76.7 Å². The Morgan fingerprint density at radius 2 is 1.52 bits per heavy atom. The third-order valence-corrected chi connectivity index (χ3v) is 5.78. The number of nitrogens with two attached hydrogens (primary N) is 1. The van der Waals surface area contributed by atoms with E-state index in [1.165, 1.54) is 51.4 Å². The van der Waals surface area contributed by atoms with Gasteiger partial charge in [-0.15, -0.1) is 0 Å². The molecule has 0 saturated carbocycles. The van der Waals surface area contributed by atoms with Gasteiger partial charge in [0.25, 0.3) is 0 Å². The van der Waals surface area contributed by atoms with Crippen LogP contribution in [0.15, 0.2) is 24.3 Å². The number of nitrogens with one attached hydrogen (secondary N) is 1. The quantitative estimate of drug-likeness (QED) is 0.178. The average molecular weight is 459 g/mol. The first kappa shape index (κ1) is 28.1. The zero-order valence-electron chi connectivity index (χ0n) is 19.4. The van der Waals surface area contributed by atoms with E-state index < -0.39 is 13.4 Å². The molecule has 0 aliphatic heterocycles. The minimum atomic E-state index is -4.49. The lowest BCUT2D eigenvalue weighted by Gasteiger charge is -2.24. The van der Waals surface area contributed by atoms with Crippen LogP contribution in [-0.2, 0) is 15.5 Å². The molecule has 0 radical (unpaired) electrons. The molecule has 1 atom stereocenters. The summed E-state index contributed by atoms with van der Waals surface area (Å²) in [5.74, 6) is 0.866. The Hall–Kier alpha value is -0.950. The Bertz CT molecular complexity index is 619. The van der Waals surface area contributed by atoms with Crippen molar-refractivity contribution in [2.75, 3.05) is 26.8 Å². The molecule has 8 heteroatoms. The molecule has 1 rings (SSSR count). The lowest BCUT2D eigenvalue weighted by molar-refractivity contribution is 0.154. The smallest absolute Gasteiger partial charge is 0.469 e. The van der Waals surface area contributed by atoms with E-state index in [0.29, 0.717) is 12.8 Å². The predicted molar refractivity (Wildman–Crippen MR) is 126 cm³/mol. The van der Waals surface area contributed by atoms with E-state index in [0.717, 1.165) is 30.9 Å². The summed E-state index contributed by atoms with van der Waals surface area (Å²) in [6.45, 7) is 3.41. The highest BCUT2D eigenvalue weighted by Crippen LogP contribution is 2.36. The molecule has 180 valence electrons. The first-order valence-electron chi connectivity index (χ1n) is 11.6. The molecule has 5 N–H and O–H groups in total. The zero-order valence-corrected chi connectivity index (χ0v) is 20.2. The van der Waals surface area contributed by atoms with E-state index in [1.54, 1.807) is 6.92 Å². The maximum Gasteiger partial charge on any atom is 0.469 e. The number of aryl methyl sites for hydroxylation is 1. The van der Waals surface area contributed by atoms with E-state index >= 15 is 0 Å². The number of phosphoric ester groups is 1. The molecule has 0 spiro atoms. The fourth-order valence-electron chi connectivity index (χ4n) is 3.32. The lowest BCUT2D eigenvalue weighted by Crippen LogP contribution is -2.41. The van der Waals surface area contributed by atoms with Gasteiger partial charge in [0.05, 0.1) is 13.2 Å². The molecule has 0 saturated heterocycles. The third-order valence-electron chi connectivity index (χ3n) is 5.31. The van der Waals surface area contributed by atoms with Crippen molar-refractivity contribution >= 4 is 7.82 Å². The summed E-state index contributed by atoms with van der Waals surface area (Å²) in [4.78, 5) is 17.6. The van der Waals surface area contributed by atoms with E-state index in [9.17, 15) is 4.57 Å². The van der Waals surface area contributed by atoms with Gasteiger partial charge >= 0.3 is 7.82 Å². The molecule has 1 aromatic carbocycles. The second-order valence-electron chi connectivity index (χ2n) is 8.70. The molecular weight excluding hydrogens is 415 g/mol. The van der Waals surface area contributed by atoms with Crippen LogP contribution in [-0.4, -0.2) is 42.1 Å². The van der Waals surface area contributed by atoms with Gasteiger partial charge in [-0.25, -0.2) is 4.57 Å². The molecule has 0 heterocycles. The predicted octanol–water partition coefficient (Wildman–Crippen LogP) is 4.56. The largest absolute Gasteiger partial charge is 0.494 e. The van der Waals surface area contributed by atoms with Crippen molar-refractivity contribution in [3.8, 4) is 5.75 Å². The third kappa shape index (κ3) is 16.4. The van der Waals surface area contributed by atoms with Crippen LogP contribution in [0, 0.1) is 0 Å². The first-order chi connectivity index (χ1) is 14.7. The van der Waals surface area contributed by atoms with Gasteiger partial charge in [0.2, 0.25) is 0 Å². The van der Waals surface area contributed by atoms with Crippen molar-refractivity contribution in [3.05, 3.63) is 29.8 Å². The van der Waals surface area contributed by atoms with E-state index in [2.05, 4.69) is 9.84 Å². The van der Waals surface area contributed by atoms with Crippen molar-refractivity contribution in [3.63, 3.8) is 0 Å². The van der Waals surface area contributed by atoms with Crippen molar-refractivity contribution in [2.24, 2.45) is 5.73 Å². The maximum atomic E-state index is 10.8. The Labute approximate surface area is 188 Å². The Kier molecular flexibility index (Phi) is 14.3. The Morgan fingerprint density at radius 3 is 2.06 bits per heavy atom. The summed E-state index contributed by atoms with van der Waals surface area (Å²) in [6.07, 6.45) is 12.8. The van der Waals surface area contributed by atoms with Gasteiger partial charge in [-0.3, -0.25) is 4.52 Å². The van der Waals surface area contributed by atoms with Crippen LogP contribution in [0.5, 0.6) is 5.75 Å². The highest BCUT2D eigenvalue weighted by atomic mass is 31.2. The molecule has 1 aromatic rings. The van der Waals surface area contributed by atoms with Crippen LogP contribution < -0.4 is 15.8 Å². The summed E-state index contributed by atoms with van der Waals surface area (Å²) in [5, 5.41) is 3.19. The van der Waals surface area contributed by atoms with Crippen molar-refractivity contribution in [1.29, 1.82) is 0 Å². The summed E-state index contributed by atoms with van der Waals surface area (Å²) in [5.41, 5.74) is 6.36. The number of ether oxygens (including phenoxy) is 1. The minimum absolute atomic E-state index is 0.185. The van der Waals surface area contributed by atoms with Crippen LogP contribution in [0.3, 0.4) is 0 Å². The van der Waals surface area contributed by atoms with Crippen molar-refractivity contribution in [2.45, 2.75) is 83.1 Å². The van der Waals surface area contributed by atoms with Crippen molar-refractivity contribution in [1.82, 2.24) is 5.32 Å². The summed E-state index contributed by atoms with van der Waals surface area (Å²) < 4.78 is 21.2. The number of unbranched alkanes of at least 4 members (excludes halogenated alkanes) is 8.